The summed E-state index contributed by atoms with van der Waals surface area (Å²) >= 11 is 0. The van der Waals surface area contributed by atoms with E-state index in [2.05, 4.69) is 0 Å². The van der Waals surface area contributed by atoms with Gasteiger partial charge >= 0.3 is 0 Å². The fourth-order valence-electron chi connectivity index (χ4n) is 4.40. The third-order valence-electron chi connectivity index (χ3n) is 6.58. The maximum absolute atomic E-state index is 12.5. The quantitative estimate of drug-likeness (QED) is 0.300. The maximum Gasteiger partial charge on any atom is 0.162 e. The fourth-order valence-corrected chi connectivity index (χ4v) is 4.40. The number of hydrogen-bond donors (Lipinski definition) is 2. The summed E-state index contributed by atoms with van der Waals surface area (Å²) in [5.41, 5.74) is 1.30. The van der Waals surface area contributed by atoms with E-state index >= 15 is 0 Å². The van der Waals surface area contributed by atoms with Crippen LogP contribution in [0.15, 0.2) is 42.5 Å². The Bertz CT molecular complexity index is 970. The molecule has 0 saturated heterocycles. The van der Waals surface area contributed by atoms with Crippen LogP contribution < -0.4 is 14.2 Å². The molecule has 0 aromatic heterocycles. The van der Waals surface area contributed by atoms with Gasteiger partial charge in [-0.1, -0.05) is 19.4 Å². The number of fused-ring (bicyclic) bond motifs is 1. The molecule has 0 bridgehead atoms. The van der Waals surface area contributed by atoms with Crippen LogP contribution >= 0.6 is 0 Å². The Morgan fingerprint density at radius 1 is 0.971 bits per heavy atom. The average Bonchev–Trinajstić information content (AvgIpc) is 2.88. The van der Waals surface area contributed by atoms with Crippen molar-refractivity contribution in [3.05, 3.63) is 53.6 Å². The molecule has 1 heterocycles. The van der Waals surface area contributed by atoms with Crippen molar-refractivity contribution in [1.29, 1.82) is 0 Å². The van der Waals surface area contributed by atoms with Crippen LogP contribution in [0.3, 0.4) is 0 Å². The van der Waals surface area contributed by atoms with Gasteiger partial charge in [0.15, 0.2) is 17.3 Å². The molecule has 0 fully saturated rings. The van der Waals surface area contributed by atoms with Crippen molar-refractivity contribution < 1.29 is 34.0 Å². The first-order valence-electron chi connectivity index (χ1n) is 12.3. The van der Waals surface area contributed by atoms with E-state index in [1.54, 1.807) is 49.6 Å². The number of unbranched alkanes of at least 4 members (excludes halogenated alkanes) is 2. The minimum absolute atomic E-state index is 0.0894. The summed E-state index contributed by atoms with van der Waals surface area (Å²) in [6, 6.07) is 12.4. The van der Waals surface area contributed by atoms with Crippen molar-refractivity contribution in [2.24, 2.45) is 11.8 Å². The van der Waals surface area contributed by atoms with E-state index in [4.69, 9.17) is 14.2 Å². The summed E-state index contributed by atoms with van der Waals surface area (Å²) < 4.78 is 16.2. The van der Waals surface area contributed by atoms with Crippen LogP contribution in [-0.2, 0) is 4.79 Å². The number of methoxy groups -OCH3 is 1. The molecule has 0 aliphatic carbocycles. The molecule has 0 saturated carbocycles. The number of aliphatic hydroxyl groups excluding tert-OH is 2. The normalized spacial score (nSPS) is 15.2. The molecule has 0 spiro atoms. The molecular formula is C28H36O7. The zero-order valence-corrected chi connectivity index (χ0v) is 20.6. The molecule has 2 N–H and O–H groups in total. The Hall–Kier alpha value is -2.90. The van der Waals surface area contributed by atoms with Crippen LogP contribution in [0.5, 0.6) is 17.2 Å². The first kappa shape index (κ1) is 26.7. The van der Waals surface area contributed by atoms with Gasteiger partial charge in [0, 0.05) is 37.4 Å². The molecular weight excluding hydrogens is 448 g/mol. The second-order valence-electron chi connectivity index (χ2n) is 9.13. The number of carbonyl (C=O) groups excluding carboxylic acids is 2. The zero-order chi connectivity index (χ0) is 25.2. The molecule has 3 rings (SSSR count). The average molecular weight is 485 g/mol. The highest BCUT2D eigenvalue weighted by Gasteiger charge is 2.28. The first-order valence-corrected chi connectivity index (χ1v) is 12.3. The van der Waals surface area contributed by atoms with Gasteiger partial charge in [-0.2, -0.15) is 0 Å². The Morgan fingerprint density at radius 3 is 2.34 bits per heavy atom. The molecule has 0 radical (unpaired) electrons. The molecule has 2 aromatic carbocycles. The minimum atomic E-state index is -0.914. The maximum atomic E-state index is 12.5. The number of ketones is 2. The summed E-state index contributed by atoms with van der Waals surface area (Å²) in [6.45, 7) is 2.61. The number of hydrogen-bond acceptors (Lipinski definition) is 7. The minimum Gasteiger partial charge on any atom is -0.497 e. The third-order valence-corrected chi connectivity index (χ3v) is 6.58. The highest BCUT2D eigenvalue weighted by molar-refractivity contribution is 5.96. The summed E-state index contributed by atoms with van der Waals surface area (Å²) in [4.78, 5) is 24.8. The number of rotatable bonds is 14. The SMILES string of the molecule is COc1ccc(C(=O)CCCCCC(=O)CC(C)[C@@H](CO)C(O)c2ccc3c(c2)OCCO3)cc1. The monoisotopic (exact) mass is 484 g/mol. The van der Waals surface area contributed by atoms with E-state index in [9.17, 15) is 19.8 Å². The lowest BCUT2D eigenvalue weighted by Crippen LogP contribution is -2.26. The molecule has 7 nitrogen and oxygen atoms in total. The third kappa shape index (κ3) is 7.54. The lowest BCUT2D eigenvalue weighted by Gasteiger charge is -2.28. The van der Waals surface area contributed by atoms with Crippen LogP contribution in [0, 0.1) is 11.8 Å². The Morgan fingerprint density at radius 2 is 1.66 bits per heavy atom. The standard InChI is InChI=1S/C28H36O7/c1-19(24(18-29)28(32)21-10-13-26-27(17-21)35-15-14-34-26)16-22(30)6-4-3-5-7-25(31)20-8-11-23(33-2)12-9-20/h8-13,17,19,24,28-29,32H,3-7,14-16,18H2,1-2H3/t19?,24-,28?/m1/s1. The summed E-state index contributed by atoms with van der Waals surface area (Å²) in [5, 5.41) is 20.8. The van der Waals surface area contributed by atoms with Crippen molar-refractivity contribution in [1.82, 2.24) is 0 Å². The van der Waals surface area contributed by atoms with Crippen LogP contribution in [0.4, 0.5) is 0 Å². The van der Waals surface area contributed by atoms with Gasteiger partial charge in [0.25, 0.3) is 0 Å². The molecule has 2 unspecified atom stereocenters. The van der Waals surface area contributed by atoms with E-state index in [0.29, 0.717) is 48.7 Å². The van der Waals surface area contributed by atoms with Gasteiger partial charge in [-0.05, 0) is 60.7 Å². The van der Waals surface area contributed by atoms with Crippen LogP contribution in [0.1, 0.15) is 67.5 Å². The molecule has 2 aromatic rings. The molecule has 190 valence electrons. The zero-order valence-electron chi connectivity index (χ0n) is 20.6. The highest BCUT2D eigenvalue weighted by atomic mass is 16.6. The largest absolute Gasteiger partial charge is 0.497 e. The smallest absolute Gasteiger partial charge is 0.162 e. The number of carbonyl (C=O) groups is 2. The Balaban J connectivity index is 1.40. The molecule has 7 heteroatoms. The molecule has 0 amide bonds. The lowest BCUT2D eigenvalue weighted by atomic mass is 9.82. The summed E-state index contributed by atoms with van der Waals surface area (Å²) in [5.74, 6) is 1.48. The second-order valence-corrected chi connectivity index (χ2v) is 9.13. The molecule has 1 aliphatic heterocycles. The van der Waals surface area contributed by atoms with Gasteiger partial charge in [0.1, 0.15) is 24.7 Å². The number of aliphatic hydroxyl groups is 2. The van der Waals surface area contributed by atoms with Crippen LogP contribution in [-0.4, -0.2) is 48.7 Å². The van der Waals surface area contributed by atoms with E-state index in [-0.39, 0.29) is 30.5 Å². The van der Waals surface area contributed by atoms with Gasteiger partial charge in [0.05, 0.1) is 13.2 Å². The predicted octanol–water partition coefficient (Wildman–Crippen LogP) is 4.54. The predicted molar refractivity (Wildman–Crippen MR) is 132 cm³/mol. The van der Waals surface area contributed by atoms with Crippen molar-refractivity contribution in [3.8, 4) is 17.2 Å². The number of benzene rings is 2. The van der Waals surface area contributed by atoms with Gasteiger partial charge < -0.3 is 24.4 Å². The topological polar surface area (TPSA) is 102 Å². The van der Waals surface area contributed by atoms with Gasteiger partial charge in [-0.25, -0.2) is 0 Å². The van der Waals surface area contributed by atoms with Gasteiger partial charge in [-0.3, -0.25) is 9.59 Å². The second kappa shape index (κ2) is 13.3. The van der Waals surface area contributed by atoms with E-state index in [0.717, 1.165) is 25.0 Å². The van der Waals surface area contributed by atoms with Crippen molar-refractivity contribution in [3.63, 3.8) is 0 Å². The lowest BCUT2D eigenvalue weighted by molar-refractivity contribution is -0.120. The van der Waals surface area contributed by atoms with E-state index < -0.39 is 12.0 Å². The van der Waals surface area contributed by atoms with E-state index in [1.807, 2.05) is 6.92 Å². The van der Waals surface area contributed by atoms with Crippen molar-refractivity contribution in [2.45, 2.75) is 51.6 Å². The van der Waals surface area contributed by atoms with Crippen LogP contribution in [0.25, 0.3) is 0 Å². The van der Waals surface area contributed by atoms with Gasteiger partial charge in [-0.15, -0.1) is 0 Å². The van der Waals surface area contributed by atoms with Crippen molar-refractivity contribution in [2.75, 3.05) is 26.9 Å². The Kier molecular flexibility index (Phi) is 10.1. The molecule has 35 heavy (non-hydrogen) atoms. The van der Waals surface area contributed by atoms with Crippen LogP contribution in [0.2, 0.25) is 0 Å². The van der Waals surface area contributed by atoms with Crippen molar-refractivity contribution >= 4 is 11.6 Å². The van der Waals surface area contributed by atoms with Gasteiger partial charge in [0.2, 0.25) is 0 Å². The molecule has 1 aliphatic rings. The number of ether oxygens (including phenoxy) is 3. The highest BCUT2D eigenvalue weighted by Crippen LogP contribution is 2.36. The first-order chi connectivity index (χ1) is 16.9. The van der Waals surface area contributed by atoms with E-state index in [1.165, 1.54) is 0 Å². The molecule has 3 atom stereocenters. The summed E-state index contributed by atoms with van der Waals surface area (Å²) in [7, 11) is 1.59. The Labute approximate surface area is 207 Å². The fraction of sp³-hybridized carbons (Fsp3) is 0.500. The number of Topliss-reactive ketones (excluding diaryl/α,β-unsaturated/α-hetero) is 2. The summed E-state index contributed by atoms with van der Waals surface area (Å²) in [6.07, 6.45) is 2.50.